The summed E-state index contributed by atoms with van der Waals surface area (Å²) < 4.78 is 32.5. The van der Waals surface area contributed by atoms with Gasteiger partial charge in [-0.25, -0.2) is 8.78 Å². The molecule has 1 amide bonds. The van der Waals surface area contributed by atoms with Gasteiger partial charge >= 0.3 is 0 Å². The number of benzene rings is 2. The number of nitrogens with zero attached hydrogens (tertiary/aromatic N) is 2. The van der Waals surface area contributed by atoms with E-state index in [4.69, 9.17) is 4.42 Å². The quantitative estimate of drug-likeness (QED) is 0.682. The van der Waals surface area contributed by atoms with Gasteiger partial charge in [-0.05, 0) is 18.2 Å². The van der Waals surface area contributed by atoms with Crippen molar-refractivity contribution in [3.05, 3.63) is 65.7 Å². The fourth-order valence-electron chi connectivity index (χ4n) is 2.03. The Morgan fingerprint density at radius 3 is 2.52 bits per heavy atom. The fraction of sp³-hybridized carbons (Fsp3) is 0.118. The SMILES string of the molecule is O=C(CSc1nnc(-c2ccccc2F)o1)NCc1ccccc1F. The molecule has 128 valence electrons. The van der Waals surface area contributed by atoms with Crippen LogP contribution in [0.1, 0.15) is 5.56 Å². The van der Waals surface area contributed by atoms with Crippen molar-refractivity contribution in [2.75, 3.05) is 5.75 Å². The Morgan fingerprint density at radius 1 is 1.04 bits per heavy atom. The van der Waals surface area contributed by atoms with Crippen LogP contribution >= 0.6 is 11.8 Å². The van der Waals surface area contributed by atoms with E-state index in [0.717, 1.165) is 11.8 Å². The number of rotatable bonds is 6. The average Bonchev–Trinajstić information content (AvgIpc) is 3.08. The molecule has 0 spiro atoms. The van der Waals surface area contributed by atoms with E-state index in [2.05, 4.69) is 15.5 Å². The molecule has 0 aliphatic carbocycles. The molecule has 1 heterocycles. The number of thioether (sulfide) groups is 1. The zero-order valence-electron chi connectivity index (χ0n) is 12.9. The Labute approximate surface area is 146 Å². The van der Waals surface area contributed by atoms with E-state index in [1.807, 2.05) is 0 Å². The van der Waals surface area contributed by atoms with Gasteiger partial charge in [-0.3, -0.25) is 4.79 Å². The van der Waals surface area contributed by atoms with E-state index >= 15 is 0 Å². The molecule has 0 atom stereocenters. The zero-order chi connectivity index (χ0) is 17.6. The Hall–Kier alpha value is -2.74. The summed E-state index contributed by atoms with van der Waals surface area (Å²) in [6.07, 6.45) is 0. The maximum Gasteiger partial charge on any atom is 0.277 e. The molecule has 3 rings (SSSR count). The number of carbonyl (C=O) groups excluding carboxylic acids is 1. The van der Waals surface area contributed by atoms with Gasteiger partial charge in [-0.2, -0.15) is 0 Å². The van der Waals surface area contributed by atoms with E-state index in [9.17, 15) is 13.6 Å². The largest absolute Gasteiger partial charge is 0.411 e. The highest BCUT2D eigenvalue weighted by Gasteiger charge is 2.14. The molecule has 3 aromatic rings. The molecule has 0 aliphatic rings. The maximum absolute atomic E-state index is 13.7. The van der Waals surface area contributed by atoms with Crippen molar-refractivity contribution in [3.63, 3.8) is 0 Å². The standard InChI is InChI=1S/C17H13F2N3O2S/c18-13-7-3-1-5-11(13)9-20-15(23)10-25-17-22-21-16(24-17)12-6-2-4-8-14(12)19/h1-8H,9-10H2,(H,20,23). The summed E-state index contributed by atoms with van der Waals surface area (Å²) in [5, 5.41) is 10.3. The molecular formula is C17H13F2N3O2S. The van der Waals surface area contributed by atoms with Gasteiger partial charge in [-0.1, -0.05) is 42.1 Å². The molecule has 8 heteroatoms. The summed E-state index contributed by atoms with van der Waals surface area (Å²) in [5.41, 5.74) is 0.603. The molecule has 1 N–H and O–H groups in total. The second-order valence-electron chi connectivity index (χ2n) is 5.01. The Balaban J connectivity index is 1.53. The molecule has 5 nitrogen and oxygen atoms in total. The van der Waals surface area contributed by atoms with Crippen molar-refractivity contribution >= 4 is 17.7 Å². The highest BCUT2D eigenvalue weighted by atomic mass is 32.2. The zero-order valence-corrected chi connectivity index (χ0v) is 13.7. The van der Waals surface area contributed by atoms with Crippen LogP contribution in [-0.2, 0) is 11.3 Å². The molecule has 0 radical (unpaired) electrons. The average molecular weight is 361 g/mol. The number of halogens is 2. The first-order valence-corrected chi connectivity index (χ1v) is 8.33. The molecule has 0 saturated heterocycles. The number of nitrogens with one attached hydrogen (secondary N) is 1. The molecule has 0 fully saturated rings. The van der Waals surface area contributed by atoms with Gasteiger partial charge in [0.05, 0.1) is 11.3 Å². The molecule has 2 aromatic carbocycles. The van der Waals surface area contributed by atoms with Crippen LogP contribution in [-0.4, -0.2) is 21.9 Å². The van der Waals surface area contributed by atoms with Crippen LogP contribution in [0, 0.1) is 11.6 Å². The number of carbonyl (C=O) groups is 1. The van der Waals surface area contributed by atoms with E-state index in [1.165, 1.54) is 18.2 Å². The number of hydrogen-bond donors (Lipinski definition) is 1. The van der Waals surface area contributed by atoms with Gasteiger partial charge in [-0.15, -0.1) is 10.2 Å². The lowest BCUT2D eigenvalue weighted by molar-refractivity contribution is -0.118. The second-order valence-corrected chi connectivity index (χ2v) is 5.94. The van der Waals surface area contributed by atoms with Gasteiger partial charge < -0.3 is 9.73 Å². The first kappa shape index (κ1) is 17.1. The summed E-state index contributed by atoms with van der Waals surface area (Å²) in [6.45, 7) is 0.0936. The highest BCUT2D eigenvalue weighted by molar-refractivity contribution is 7.99. The summed E-state index contributed by atoms with van der Waals surface area (Å²) in [6, 6.07) is 12.2. The first-order valence-electron chi connectivity index (χ1n) is 7.35. The normalized spacial score (nSPS) is 10.6. The number of aromatic nitrogens is 2. The first-order chi connectivity index (χ1) is 12.1. The molecular weight excluding hydrogens is 348 g/mol. The van der Waals surface area contributed by atoms with E-state index < -0.39 is 5.82 Å². The molecule has 0 saturated carbocycles. The Kier molecular flexibility index (Phi) is 5.39. The fourth-order valence-corrected chi connectivity index (χ4v) is 2.62. The summed E-state index contributed by atoms with van der Waals surface area (Å²) in [7, 11) is 0. The molecule has 0 aliphatic heterocycles. The van der Waals surface area contributed by atoms with Crippen molar-refractivity contribution in [1.82, 2.24) is 15.5 Å². The minimum absolute atomic E-state index is 0.0212. The van der Waals surface area contributed by atoms with Gasteiger partial charge in [0.2, 0.25) is 5.91 Å². The third kappa shape index (κ3) is 4.42. The van der Waals surface area contributed by atoms with Gasteiger partial charge in [0.25, 0.3) is 11.1 Å². The van der Waals surface area contributed by atoms with Crippen molar-refractivity contribution in [3.8, 4) is 11.5 Å². The smallest absolute Gasteiger partial charge is 0.277 e. The van der Waals surface area contributed by atoms with E-state index in [1.54, 1.807) is 30.3 Å². The van der Waals surface area contributed by atoms with Crippen LogP contribution in [0.5, 0.6) is 0 Å². The van der Waals surface area contributed by atoms with Crippen LogP contribution < -0.4 is 5.32 Å². The van der Waals surface area contributed by atoms with Crippen LogP contribution in [0.3, 0.4) is 0 Å². The molecule has 0 bridgehead atoms. The van der Waals surface area contributed by atoms with Crippen molar-refractivity contribution in [2.45, 2.75) is 11.8 Å². The van der Waals surface area contributed by atoms with E-state index in [-0.39, 0.29) is 40.7 Å². The number of hydrogen-bond acceptors (Lipinski definition) is 5. The van der Waals surface area contributed by atoms with Gasteiger partial charge in [0, 0.05) is 12.1 Å². The second kappa shape index (κ2) is 7.89. The van der Waals surface area contributed by atoms with Gasteiger partial charge in [0.1, 0.15) is 11.6 Å². The Morgan fingerprint density at radius 2 is 1.76 bits per heavy atom. The molecule has 1 aromatic heterocycles. The third-order valence-corrected chi connectivity index (χ3v) is 4.09. The summed E-state index contributed by atoms with van der Waals surface area (Å²) >= 11 is 1.02. The van der Waals surface area contributed by atoms with Crippen molar-refractivity contribution < 1.29 is 18.0 Å². The van der Waals surface area contributed by atoms with Crippen molar-refractivity contribution in [2.24, 2.45) is 0 Å². The monoisotopic (exact) mass is 361 g/mol. The molecule has 25 heavy (non-hydrogen) atoms. The lowest BCUT2D eigenvalue weighted by Gasteiger charge is -2.05. The van der Waals surface area contributed by atoms with Crippen LogP contribution in [0.25, 0.3) is 11.5 Å². The van der Waals surface area contributed by atoms with Crippen molar-refractivity contribution in [1.29, 1.82) is 0 Å². The van der Waals surface area contributed by atoms with Gasteiger partial charge in [0.15, 0.2) is 0 Å². The number of amides is 1. The topological polar surface area (TPSA) is 68.0 Å². The predicted octanol–water partition coefficient (Wildman–Crippen LogP) is 3.42. The lowest BCUT2D eigenvalue weighted by Crippen LogP contribution is -2.25. The van der Waals surface area contributed by atoms with Crippen LogP contribution in [0.15, 0.2) is 58.2 Å². The highest BCUT2D eigenvalue weighted by Crippen LogP contribution is 2.24. The lowest BCUT2D eigenvalue weighted by atomic mass is 10.2. The summed E-state index contributed by atoms with van der Waals surface area (Å²) in [5.74, 6) is -1.08. The molecule has 0 unspecified atom stereocenters. The summed E-state index contributed by atoms with van der Waals surface area (Å²) in [4.78, 5) is 11.8. The minimum atomic E-state index is -0.467. The van der Waals surface area contributed by atoms with Crippen LogP contribution in [0.2, 0.25) is 0 Å². The predicted molar refractivity (Wildman–Crippen MR) is 88.7 cm³/mol. The Bertz CT molecular complexity index is 886. The third-order valence-electron chi connectivity index (χ3n) is 3.27. The van der Waals surface area contributed by atoms with E-state index in [0.29, 0.717) is 5.56 Å². The van der Waals surface area contributed by atoms with Crippen LogP contribution in [0.4, 0.5) is 8.78 Å². The maximum atomic E-state index is 13.7. The minimum Gasteiger partial charge on any atom is -0.411 e.